The van der Waals surface area contributed by atoms with E-state index in [0.29, 0.717) is 6.42 Å². The van der Waals surface area contributed by atoms with Gasteiger partial charge < -0.3 is 9.84 Å². The molecule has 1 saturated heterocycles. The zero-order chi connectivity index (χ0) is 18.1. The zero-order valence-corrected chi connectivity index (χ0v) is 14.6. The molecule has 1 aromatic rings. The van der Waals surface area contributed by atoms with Gasteiger partial charge in [-0.25, -0.2) is 13.2 Å². The molecule has 1 atom stereocenters. The molecule has 0 aromatic heterocycles. The summed E-state index contributed by atoms with van der Waals surface area (Å²) in [5, 5.41) is 18.7. The van der Waals surface area contributed by atoms with Gasteiger partial charge in [0.25, 0.3) is 0 Å². The van der Waals surface area contributed by atoms with Crippen molar-refractivity contribution in [1.29, 1.82) is 5.26 Å². The van der Waals surface area contributed by atoms with Crippen molar-refractivity contribution in [3.05, 3.63) is 23.8 Å². The first-order valence-electron chi connectivity index (χ1n) is 7.48. The molecule has 1 fully saturated rings. The van der Waals surface area contributed by atoms with Gasteiger partial charge in [0.15, 0.2) is 0 Å². The number of carboxylic acids is 1. The van der Waals surface area contributed by atoms with Gasteiger partial charge >= 0.3 is 5.97 Å². The van der Waals surface area contributed by atoms with Crippen LogP contribution >= 0.6 is 0 Å². The van der Waals surface area contributed by atoms with Crippen LogP contribution in [0.5, 0.6) is 5.75 Å². The number of rotatable bonds is 4. The molecule has 130 valence electrons. The standard InChI is InChI=1S/C16H20N2O5S/c1-16(2)7-4-8-18(14(16)10-17)24(21,22)11-5-6-13(23-3)12(9-11)15(19)20/h5-6,9,14H,4,7-8H2,1-3H3,(H,19,20). The predicted molar refractivity (Wildman–Crippen MR) is 86.3 cm³/mol. The van der Waals surface area contributed by atoms with E-state index in [9.17, 15) is 23.6 Å². The molecule has 1 aliphatic rings. The number of hydrogen-bond donors (Lipinski definition) is 1. The van der Waals surface area contributed by atoms with Crippen LogP contribution in [0.15, 0.2) is 23.1 Å². The Morgan fingerprint density at radius 1 is 1.46 bits per heavy atom. The van der Waals surface area contributed by atoms with Crippen molar-refractivity contribution >= 4 is 16.0 Å². The predicted octanol–water partition coefficient (Wildman–Crippen LogP) is 2.10. The lowest BCUT2D eigenvalue weighted by molar-refractivity contribution is 0.0693. The van der Waals surface area contributed by atoms with Crippen LogP contribution in [-0.2, 0) is 10.0 Å². The van der Waals surface area contributed by atoms with E-state index < -0.39 is 27.4 Å². The fourth-order valence-electron chi connectivity index (χ4n) is 2.99. The van der Waals surface area contributed by atoms with Crippen LogP contribution in [0, 0.1) is 16.7 Å². The lowest BCUT2D eigenvalue weighted by atomic mass is 9.78. The first kappa shape index (κ1) is 18.2. The third kappa shape index (κ3) is 3.09. The molecule has 7 nitrogen and oxygen atoms in total. The molecule has 1 aliphatic heterocycles. The van der Waals surface area contributed by atoms with E-state index in [2.05, 4.69) is 6.07 Å². The molecule has 1 heterocycles. The molecule has 1 N–H and O–H groups in total. The highest BCUT2D eigenvalue weighted by Crippen LogP contribution is 2.38. The number of aromatic carboxylic acids is 1. The summed E-state index contributed by atoms with van der Waals surface area (Å²) in [4.78, 5) is 11.2. The maximum atomic E-state index is 13.0. The smallest absolute Gasteiger partial charge is 0.339 e. The largest absolute Gasteiger partial charge is 0.496 e. The second-order valence-corrected chi connectivity index (χ2v) is 8.30. The average Bonchev–Trinajstić information content (AvgIpc) is 2.52. The Balaban J connectivity index is 2.53. The summed E-state index contributed by atoms with van der Waals surface area (Å²) in [6, 6.07) is 4.98. The van der Waals surface area contributed by atoms with Gasteiger partial charge in [-0.3, -0.25) is 0 Å². The number of nitrogens with zero attached hydrogens (tertiary/aromatic N) is 2. The molecule has 0 spiro atoms. The number of sulfonamides is 1. The summed E-state index contributed by atoms with van der Waals surface area (Å²) in [6.45, 7) is 3.96. The second kappa shape index (κ2) is 6.42. The van der Waals surface area contributed by atoms with Gasteiger partial charge in [-0.15, -0.1) is 0 Å². The van der Waals surface area contributed by atoms with E-state index in [4.69, 9.17) is 4.74 Å². The van der Waals surface area contributed by atoms with Crippen molar-refractivity contribution < 1.29 is 23.1 Å². The van der Waals surface area contributed by atoms with Gasteiger partial charge in [-0.05, 0) is 36.5 Å². The van der Waals surface area contributed by atoms with Crippen LogP contribution in [0.25, 0.3) is 0 Å². The quantitative estimate of drug-likeness (QED) is 0.889. The minimum absolute atomic E-state index is 0.0808. The Morgan fingerprint density at radius 2 is 2.12 bits per heavy atom. The van der Waals surface area contributed by atoms with Crippen molar-refractivity contribution in [2.45, 2.75) is 37.6 Å². The van der Waals surface area contributed by atoms with Crippen molar-refractivity contribution in [1.82, 2.24) is 4.31 Å². The Labute approximate surface area is 141 Å². The summed E-state index contributed by atoms with van der Waals surface area (Å²) in [5.41, 5.74) is -0.703. The van der Waals surface area contributed by atoms with Crippen molar-refractivity contribution in [3.8, 4) is 11.8 Å². The molecular formula is C16H20N2O5S. The van der Waals surface area contributed by atoms with E-state index in [-0.39, 0.29) is 22.8 Å². The van der Waals surface area contributed by atoms with E-state index in [1.165, 1.54) is 23.5 Å². The summed E-state index contributed by atoms with van der Waals surface area (Å²) in [7, 11) is -2.67. The summed E-state index contributed by atoms with van der Waals surface area (Å²) >= 11 is 0. The molecule has 0 radical (unpaired) electrons. The van der Waals surface area contributed by atoms with E-state index in [1.54, 1.807) is 0 Å². The molecule has 2 rings (SSSR count). The normalized spacial score (nSPS) is 21.0. The van der Waals surface area contributed by atoms with Crippen molar-refractivity contribution in [3.63, 3.8) is 0 Å². The lowest BCUT2D eigenvalue weighted by Crippen LogP contribution is -2.51. The van der Waals surface area contributed by atoms with Crippen LogP contribution in [0.1, 0.15) is 37.0 Å². The Hall–Kier alpha value is -2.11. The lowest BCUT2D eigenvalue weighted by Gasteiger charge is -2.41. The highest BCUT2D eigenvalue weighted by atomic mass is 32.2. The number of methoxy groups -OCH3 is 1. The Morgan fingerprint density at radius 3 is 2.67 bits per heavy atom. The van der Waals surface area contributed by atoms with E-state index in [1.807, 2.05) is 13.8 Å². The molecular weight excluding hydrogens is 332 g/mol. The number of piperidine rings is 1. The molecule has 1 aromatic carbocycles. The van der Waals surface area contributed by atoms with Crippen LogP contribution in [0.4, 0.5) is 0 Å². The number of benzene rings is 1. The van der Waals surface area contributed by atoms with Gasteiger partial charge in [0.05, 0.1) is 18.1 Å². The van der Waals surface area contributed by atoms with Crippen molar-refractivity contribution in [2.24, 2.45) is 5.41 Å². The monoisotopic (exact) mass is 352 g/mol. The van der Waals surface area contributed by atoms with Crippen molar-refractivity contribution in [2.75, 3.05) is 13.7 Å². The number of ether oxygens (including phenoxy) is 1. The number of hydrogen-bond acceptors (Lipinski definition) is 5. The van der Waals surface area contributed by atoms with Crippen LogP contribution in [0.3, 0.4) is 0 Å². The maximum absolute atomic E-state index is 13.0. The Kier molecular flexibility index (Phi) is 4.87. The molecule has 1 unspecified atom stereocenters. The molecule has 8 heteroatoms. The van der Waals surface area contributed by atoms with Gasteiger partial charge in [-0.2, -0.15) is 9.57 Å². The van der Waals surface area contributed by atoms with E-state index in [0.717, 1.165) is 12.5 Å². The molecule has 0 saturated carbocycles. The maximum Gasteiger partial charge on any atom is 0.339 e. The second-order valence-electron chi connectivity index (χ2n) is 6.41. The molecule has 0 bridgehead atoms. The fraction of sp³-hybridized carbons (Fsp3) is 0.500. The number of carboxylic acid groups (broad SMARTS) is 1. The van der Waals surface area contributed by atoms with Gasteiger partial charge in [0.2, 0.25) is 10.0 Å². The molecule has 24 heavy (non-hydrogen) atoms. The SMILES string of the molecule is COc1ccc(S(=O)(=O)N2CCCC(C)(C)C2C#N)cc1C(=O)O. The van der Waals surface area contributed by atoms with Crippen LogP contribution < -0.4 is 4.74 Å². The molecule has 0 aliphatic carbocycles. The fourth-order valence-corrected chi connectivity index (χ4v) is 4.75. The summed E-state index contributed by atoms with van der Waals surface area (Å²) in [5.74, 6) is -1.20. The third-order valence-corrected chi connectivity index (χ3v) is 6.22. The third-order valence-electron chi connectivity index (χ3n) is 4.36. The topological polar surface area (TPSA) is 108 Å². The zero-order valence-electron chi connectivity index (χ0n) is 13.8. The number of carbonyl (C=O) groups is 1. The Bertz CT molecular complexity index is 795. The van der Waals surface area contributed by atoms with Crippen LogP contribution in [0.2, 0.25) is 0 Å². The first-order valence-corrected chi connectivity index (χ1v) is 8.92. The number of nitriles is 1. The highest BCUT2D eigenvalue weighted by Gasteiger charge is 2.43. The highest BCUT2D eigenvalue weighted by molar-refractivity contribution is 7.89. The van der Waals surface area contributed by atoms with Crippen LogP contribution in [-0.4, -0.2) is 43.5 Å². The van der Waals surface area contributed by atoms with Gasteiger partial charge in [0.1, 0.15) is 17.4 Å². The van der Waals surface area contributed by atoms with E-state index >= 15 is 0 Å². The summed E-state index contributed by atoms with van der Waals surface area (Å²) in [6.07, 6.45) is 1.40. The molecule has 0 amide bonds. The average molecular weight is 352 g/mol. The first-order chi connectivity index (χ1) is 11.1. The minimum Gasteiger partial charge on any atom is -0.496 e. The van der Waals surface area contributed by atoms with Gasteiger partial charge in [-0.1, -0.05) is 13.8 Å². The summed E-state index contributed by atoms with van der Waals surface area (Å²) < 4.78 is 32.0. The van der Waals surface area contributed by atoms with Gasteiger partial charge in [0, 0.05) is 6.54 Å². The minimum atomic E-state index is -3.98.